The highest BCUT2D eigenvalue weighted by atomic mass is 19.4. The molecule has 5 heteroatoms. The van der Waals surface area contributed by atoms with E-state index in [4.69, 9.17) is 0 Å². The van der Waals surface area contributed by atoms with Crippen LogP contribution in [0.25, 0.3) is 0 Å². The summed E-state index contributed by atoms with van der Waals surface area (Å²) >= 11 is 0. The van der Waals surface area contributed by atoms with E-state index in [-0.39, 0.29) is 25.4 Å². The number of rotatable bonds is 3. The summed E-state index contributed by atoms with van der Waals surface area (Å²) < 4.78 is 40.0. The number of hydrogen-bond donors (Lipinski definition) is 1. The molecule has 110 valence electrons. The second-order valence-corrected chi connectivity index (χ2v) is 6.01. The molecule has 2 nitrogen and oxygen atoms in total. The Balaban J connectivity index is 2.16. The summed E-state index contributed by atoms with van der Waals surface area (Å²) in [5.74, 6) is -0.522. The summed E-state index contributed by atoms with van der Waals surface area (Å²) in [7, 11) is 0. The molecular weight excluding hydrogens is 255 g/mol. The highest BCUT2D eigenvalue weighted by Gasteiger charge is 2.62. The largest absolute Gasteiger partial charge is 0.402 e. The molecule has 0 spiro atoms. The molecule has 0 amide bonds. The molecule has 1 saturated carbocycles. The molecule has 1 aliphatic carbocycles. The van der Waals surface area contributed by atoms with Gasteiger partial charge in [0, 0.05) is 12.5 Å². The Morgan fingerprint density at radius 3 is 2.63 bits per heavy atom. The van der Waals surface area contributed by atoms with Crippen molar-refractivity contribution >= 4 is 5.78 Å². The first-order valence-electron chi connectivity index (χ1n) is 7.22. The highest BCUT2D eigenvalue weighted by Crippen LogP contribution is 2.47. The van der Waals surface area contributed by atoms with Crippen molar-refractivity contribution in [2.24, 2.45) is 17.3 Å². The lowest BCUT2D eigenvalue weighted by Gasteiger charge is -2.36. The molecule has 19 heavy (non-hydrogen) atoms. The van der Waals surface area contributed by atoms with Crippen molar-refractivity contribution in [2.45, 2.75) is 51.6 Å². The molecule has 2 fully saturated rings. The van der Waals surface area contributed by atoms with Gasteiger partial charge in [0.05, 0.1) is 0 Å². The smallest absolute Gasteiger partial charge is 0.315 e. The van der Waals surface area contributed by atoms with Gasteiger partial charge in [0.25, 0.3) is 0 Å². The molecule has 3 atom stereocenters. The molecule has 0 aromatic carbocycles. The molecule has 0 bridgehead atoms. The predicted octanol–water partition coefficient (Wildman–Crippen LogP) is 3.31. The van der Waals surface area contributed by atoms with Crippen LogP contribution >= 0.6 is 0 Å². The summed E-state index contributed by atoms with van der Waals surface area (Å²) in [6.07, 6.45) is -0.343. The molecule has 1 aliphatic heterocycles. The van der Waals surface area contributed by atoms with Crippen LogP contribution in [0.5, 0.6) is 0 Å². The van der Waals surface area contributed by atoms with Gasteiger partial charge in [0.1, 0.15) is 5.41 Å². The van der Waals surface area contributed by atoms with Gasteiger partial charge >= 0.3 is 6.18 Å². The van der Waals surface area contributed by atoms with Gasteiger partial charge in [-0.3, -0.25) is 4.79 Å². The first kappa shape index (κ1) is 14.8. The molecular formula is C14H22F3NO. The summed E-state index contributed by atoms with van der Waals surface area (Å²) in [6.45, 7) is 2.10. The molecule has 0 aromatic rings. The maximum absolute atomic E-state index is 13.3. The Morgan fingerprint density at radius 1 is 1.37 bits per heavy atom. The van der Waals surface area contributed by atoms with Crippen LogP contribution in [0.15, 0.2) is 0 Å². The lowest BCUT2D eigenvalue weighted by atomic mass is 9.69. The van der Waals surface area contributed by atoms with E-state index < -0.39 is 17.4 Å². The van der Waals surface area contributed by atoms with E-state index >= 15 is 0 Å². The van der Waals surface area contributed by atoms with Gasteiger partial charge in [-0.15, -0.1) is 0 Å². The fourth-order valence-corrected chi connectivity index (χ4v) is 3.57. The Hall–Kier alpha value is -0.580. The number of hydrogen-bond acceptors (Lipinski definition) is 2. The Bertz CT molecular complexity index is 334. The maximum atomic E-state index is 13.3. The molecule has 1 saturated heterocycles. The van der Waals surface area contributed by atoms with Crippen molar-refractivity contribution in [3.8, 4) is 0 Å². The minimum absolute atomic E-state index is 0.0946. The highest BCUT2D eigenvalue weighted by molar-refractivity contribution is 5.88. The molecule has 1 heterocycles. The van der Waals surface area contributed by atoms with E-state index in [1.807, 2.05) is 6.92 Å². The van der Waals surface area contributed by atoms with E-state index in [2.05, 4.69) is 5.32 Å². The van der Waals surface area contributed by atoms with E-state index in [9.17, 15) is 18.0 Å². The molecule has 0 radical (unpaired) electrons. The Morgan fingerprint density at radius 2 is 2.11 bits per heavy atom. The van der Waals surface area contributed by atoms with Crippen molar-refractivity contribution in [3.63, 3.8) is 0 Å². The molecule has 2 aliphatic rings. The van der Waals surface area contributed by atoms with Gasteiger partial charge in [-0.2, -0.15) is 13.2 Å². The average Bonchev–Trinajstić information content (AvgIpc) is 2.88. The number of ketones is 1. The molecule has 3 unspecified atom stereocenters. The lowest BCUT2D eigenvalue weighted by molar-refractivity contribution is -0.217. The van der Waals surface area contributed by atoms with Crippen LogP contribution in [-0.4, -0.2) is 25.0 Å². The molecule has 1 N–H and O–H groups in total. The van der Waals surface area contributed by atoms with Crippen LogP contribution in [-0.2, 0) is 4.79 Å². The van der Waals surface area contributed by atoms with E-state index in [1.54, 1.807) is 0 Å². The van der Waals surface area contributed by atoms with Gasteiger partial charge in [0.2, 0.25) is 0 Å². The second-order valence-electron chi connectivity index (χ2n) is 6.01. The first-order valence-corrected chi connectivity index (χ1v) is 7.22. The predicted molar refractivity (Wildman–Crippen MR) is 66.7 cm³/mol. The van der Waals surface area contributed by atoms with E-state index in [0.717, 1.165) is 19.3 Å². The zero-order chi connectivity index (χ0) is 14.1. The average molecular weight is 277 g/mol. The minimum Gasteiger partial charge on any atom is -0.315 e. The normalized spacial score (nSPS) is 36.4. The zero-order valence-electron chi connectivity index (χ0n) is 11.4. The number of alkyl halides is 3. The van der Waals surface area contributed by atoms with Gasteiger partial charge in [0.15, 0.2) is 5.78 Å². The van der Waals surface area contributed by atoms with Crippen LogP contribution in [0.4, 0.5) is 13.2 Å². The van der Waals surface area contributed by atoms with Gasteiger partial charge in [-0.1, -0.05) is 26.2 Å². The third-order valence-electron chi connectivity index (χ3n) is 4.90. The van der Waals surface area contributed by atoms with Crippen molar-refractivity contribution in [1.82, 2.24) is 5.32 Å². The Labute approximate surface area is 112 Å². The van der Waals surface area contributed by atoms with Gasteiger partial charge in [-0.25, -0.2) is 0 Å². The van der Waals surface area contributed by atoms with Crippen molar-refractivity contribution in [3.05, 3.63) is 0 Å². The third kappa shape index (κ3) is 2.67. The van der Waals surface area contributed by atoms with Crippen LogP contribution in [0, 0.1) is 17.3 Å². The topological polar surface area (TPSA) is 29.1 Å². The molecule has 0 aromatic heterocycles. The van der Waals surface area contributed by atoms with Gasteiger partial charge in [-0.05, 0) is 31.7 Å². The summed E-state index contributed by atoms with van der Waals surface area (Å²) in [5.41, 5.74) is -2.12. The number of halogens is 3. The SMILES string of the molecule is CCC1CCCC(C(=O)C2(C(F)(F)F)CCNC2)C1. The fourth-order valence-electron chi connectivity index (χ4n) is 3.57. The van der Waals surface area contributed by atoms with Crippen molar-refractivity contribution in [1.29, 1.82) is 0 Å². The number of nitrogens with one attached hydrogen (secondary N) is 1. The standard InChI is InChI=1S/C14H22F3NO/c1-2-10-4-3-5-11(8-10)12(19)13(14(15,16)17)6-7-18-9-13/h10-11,18H,2-9H2,1H3. The monoisotopic (exact) mass is 277 g/mol. The Kier molecular flexibility index (Phi) is 4.23. The summed E-state index contributed by atoms with van der Waals surface area (Å²) in [5, 5.41) is 2.72. The summed E-state index contributed by atoms with van der Waals surface area (Å²) in [4.78, 5) is 12.5. The van der Waals surface area contributed by atoms with Crippen LogP contribution in [0.1, 0.15) is 45.4 Å². The van der Waals surface area contributed by atoms with Gasteiger partial charge < -0.3 is 5.32 Å². The fraction of sp³-hybridized carbons (Fsp3) is 0.929. The zero-order valence-corrected chi connectivity index (χ0v) is 11.4. The van der Waals surface area contributed by atoms with Crippen LogP contribution in [0.3, 0.4) is 0 Å². The third-order valence-corrected chi connectivity index (χ3v) is 4.90. The maximum Gasteiger partial charge on any atom is 0.402 e. The number of Topliss-reactive ketones (excluding diaryl/α,β-unsaturated/α-hetero) is 1. The van der Waals surface area contributed by atoms with Crippen molar-refractivity contribution < 1.29 is 18.0 Å². The van der Waals surface area contributed by atoms with E-state index in [1.165, 1.54) is 0 Å². The van der Waals surface area contributed by atoms with Crippen LogP contribution < -0.4 is 5.32 Å². The second kappa shape index (κ2) is 5.43. The summed E-state index contributed by atoms with van der Waals surface area (Å²) in [6, 6.07) is 0. The number of carbonyl (C=O) groups excluding carboxylic acids is 1. The number of carbonyl (C=O) groups is 1. The van der Waals surface area contributed by atoms with Crippen LogP contribution in [0.2, 0.25) is 0 Å². The minimum atomic E-state index is -4.42. The molecule has 2 rings (SSSR count). The quantitative estimate of drug-likeness (QED) is 0.857. The van der Waals surface area contributed by atoms with E-state index in [0.29, 0.717) is 18.8 Å². The van der Waals surface area contributed by atoms with Crippen molar-refractivity contribution in [2.75, 3.05) is 13.1 Å². The first-order chi connectivity index (χ1) is 8.90. The lowest BCUT2D eigenvalue weighted by Crippen LogP contribution is -2.50.